The number of halogens is 2. The summed E-state index contributed by atoms with van der Waals surface area (Å²) < 4.78 is 1.02. The average molecular weight is 276 g/mol. The van der Waals surface area contributed by atoms with Crippen molar-refractivity contribution < 1.29 is 0 Å². The van der Waals surface area contributed by atoms with Crippen LogP contribution in [0, 0.1) is 0 Å². The first-order valence-corrected chi connectivity index (χ1v) is 6.07. The van der Waals surface area contributed by atoms with E-state index in [1.165, 1.54) is 18.5 Å². The number of rotatable bonds is 2. The van der Waals surface area contributed by atoms with Gasteiger partial charge in [0.2, 0.25) is 0 Å². The van der Waals surface area contributed by atoms with Gasteiger partial charge in [-0.05, 0) is 34.8 Å². The van der Waals surface area contributed by atoms with Crippen molar-refractivity contribution in [2.24, 2.45) is 0 Å². The van der Waals surface area contributed by atoms with Gasteiger partial charge in [0.1, 0.15) is 0 Å². The molecule has 0 aromatic carbocycles. The number of anilines is 1. The smallest absolute Gasteiger partial charge is 0.0566 e. The van der Waals surface area contributed by atoms with Gasteiger partial charge in [-0.25, -0.2) is 0 Å². The third-order valence-electron chi connectivity index (χ3n) is 2.58. The molecule has 1 aromatic heterocycles. The molecule has 0 bridgehead atoms. The molecule has 2 nitrogen and oxygen atoms in total. The van der Waals surface area contributed by atoms with Crippen molar-refractivity contribution in [3.8, 4) is 0 Å². The molecule has 1 fully saturated rings. The first-order valence-electron chi connectivity index (χ1n) is 4.74. The van der Waals surface area contributed by atoms with Crippen molar-refractivity contribution in [1.29, 1.82) is 0 Å². The van der Waals surface area contributed by atoms with E-state index in [9.17, 15) is 0 Å². The SMILES string of the molecule is ClCC1CCCN1c1cncc(Br)c1. The summed E-state index contributed by atoms with van der Waals surface area (Å²) in [5.41, 5.74) is 1.17. The van der Waals surface area contributed by atoms with Crippen LogP contribution >= 0.6 is 27.5 Å². The van der Waals surface area contributed by atoms with E-state index in [0.29, 0.717) is 11.9 Å². The molecule has 1 atom stereocenters. The summed E-state index contributed by atoms with van der Waals surface area (Å²) in [6.07, 6.45) is 6.12. The van der Waals surface area contributed by atoms with Gasteiger partial charge in [-0.3, -0.25) is 4.98 Å². The maximum atomic E-state index is 5.92. The molecule has 4 heteroatoms. The van der Waals surface area contributed by atoms with Gasteiger partial charge in [0.15, 0.2) is 0 Å². The van der Waals surface area contributed by atoms with Crippen molar-refractivity contribution in [2.75, 3.05) is 17.3 Å². The number of nitrogens with zero attached hydrogens (tertiary/aromatic N) is 2. The molecule has 1 saturated heterocycles. The van der Waals surface area contributed by atoms with Crippen LogP contribution in [0.1, 0.15) is 12.8 Å². The van der Waals surface area contributed by atoms with Crippen LogP contribution < -0.4 is 4.90 Å². The summed E-state index contributed by atoms with van der Waals surface area (Å²) in [7, 11) is 0. The number of hydrogen-bond acceptors (Lipinski definition) is 2. The van der Waals surface area contributed by atoms with E-state index in [1.807, 2.05) is 6.20 Å². The Kier molecular flexibility index (Phi) is 3.29. The van der Waals surface area contributed by atoms with Gasteiger partial charge in [0.05, 0.1) is 11.9 Å². The predicted octanol–water partition coefficient (Wildman–Crippen LogP) is 3.05. The van der Waals surface area contributed by atoms with Crippen molar-refractivity contribution >= 4 is 33.2 Å². The molecule has 1 aromatic rings. The Bertz CT molecular complexity index is 319. The highest BCUT2D eigenvalue weighted by Crippen LogP contribution is 2.27. The van der Waals surface area contributed by atoms with Gasteiger partial charge in [0, 0.05) is 29.1 Å². The summed E-state index contributed by atoms with van der Waals surface area (Å²) in [6, 6.07) is 2.57. The van der Waals surface area contributed by atoms with E-state index < -0.39 is 0 Å². The molecule has 0 radical (unpaired) electrons. The highest BCUT2D eigenvalue weighted by atomic mass is 79.9. The van der Waals surface area contributed by atoms with Crippen molar-refractivity contribution in [3.05, 3.63) is 22.9 Å². The molecule has 0 N–H and O–H groups in total. The summed E-state index contributed by atoms with van der Waals surface area (Å²) >= 11 is 9.35. The fraction of sp³-hybridized carbons (Fsp3) is 0.500. The zero-order valence-corrected chi connectivity index (χ0v) is 10.1. The second-order valence-corrected chi connectivity index (χ2v) is 4.73. The second-order valence-electron chi connectivity index (χ2n) is 3.51. The van der Waals surface area contributed by atoms with Gasteiger partial charge in [-0.15, -0.1) is 11.6 Å². The Morgan fingerprint density at radius 3 is 3.14 bits per heavy atom. The van der Waals surface area contributed by atoms with Crippen LogP contribution in [0.25, 0.3) is 0 Å². The lowest BCUT2D eigenvalue weighted by molar-refractivity contribution is 0.740. The van der Waals surface area contributed by atoms with E-state index in [0.717, 1.165) is 11.0 Å². The predicted molar refractivity (Wildman–Crippen MR) is 63.0 cm³/mol. The summed E-state index contributed by atoms with van der Waals surface area (Å²) in [6.45, 7) is 1.09. The molecule has 2 heterocycles. The second kappa shape index (κ2) is 4.49. The zero-order chi connectivity index (χ0) is 9.97. The van der Waals surface area contributed by atoms with Gasteiger partial charge >= 0.3 is 0 Å². The molecule has 0 aliphatic carbocycles. The average Bonchev–Trinajstić information content (AvgIpc) is 2.65. The molecular weight excluding hydrogens is 263 g/mol. The molecule has 1 unspecified atom stereocenters. The molecule has 14 heavy (non-hydrogen) atoms. The fourth-order valence-electron chi connectivity index (χ4n) is 1.89. The van der Waals surface area contributed by atoms with E-state index in [4.69, 9.17) is 11.6 Å². The quantitative estimate of drug-likeness (QED) is 0.771. The molecule has 1 aliphatic rings. The molecule has 0 saturated carbocycles. The van der Waals surface area contributed by atoms with E-state index in [1.54, 1.807) is 6.20 Å². The van der Waals surface area contributed by atoms with Crippen molar-refractivity contribution in [2.45, 2.75) is 18.9 Å². The van der Waals surface area contributed by atoms with Crippen LogP contribution in [0.3, 0.4) is 0 Å². The van der Waals surface area contributed by atoms with E-state index >= 15 is 0 Å². The minimum atomic E-state index is 0.479. The molecule has 1 aliphatic heterocycles. The van der Waals surface area contributed by atoms with E-state index in [-0.39, 0.29) is 0 Å². The minimum absolute atomic E-state index is 0.479. The topological polar surface area (TPSA) is 16.1 Å². The Morgan fingerprint density at radius 1 is 1.57 bits per heavy atom. The number of pyridine rings is 1. The normalized spacial score (nSPS) is 21.6. The Morgan fingerprint density at radius 2 is 2.43 bits per heavy atom. The van der Waals surface area contributed by atoms with Gasteiger partial charge in [-0.1, -0.05) is 0 Å². The summed E-state index contributed by atoms with van der Waals surface area (Å²) in [5, 5.41) is 0. The largest absolute Gasteiger partial charge is 0.366 e. The Labute approximate surface area is 97.4 Å². The number of hydrogen-bond donors (Lipinski definition) is 0. The highest BCUT2D eigenvalue weighted by Gasteiger charge is 2.23. The molecule has 2 rings (SSSR count). The van der Waals surface area contributed by atoms with Gasteiger partial charge < -0.3 is 4.90 Å². The first kappa shape index (κ1) is 10.2. The van der Waals surface area contributed by atoms with Crippen LogP contribution in [0.2, 0.25) is 0 Å². The maximum Gasteiger partial charge on any atom is 0.0566 e. The van der Waals surface area contributed by atoms with Crippen molar-refractivity contribution in [3.63, 3.8) is 0 Å². The highest BCUT2D eigenvalue weighted by molar-refractivity contribution is 9.10. The lowest BCUT2D eigenvalue weighted by atomic mass is 10.2. The maximum absolute atomic E-state index is 5.92. The zero-order valence-electron chi connectivity index (χ0n) is 7.79. The molecule has 0 spiro atoms. The van der Waals surface area contributed by atoms with E-state index in [2.05, 4.69) is 31.9 Å². The molecular formula is C10H12BrClN2. The third kappa shape index (κ3) is 2.04. The first-order chi connectivity index (χ1) is 6.81. The molecule has 76 valence electrons. The van der Waals surface area contributed by atoms with Gasteiger partial charge in [0.25, 0.3) is 0 Å². The number of aromatic nitrogens is 1. The summed E-state index contributed by atoms with van der Waals surface area (Å²) in [4.78, 5) is 6.50. The minimum Gasteiger partial charge on any atom is -0.366 e. The van der Waals surface area contributed by atoms with Crippen LogP contribution in [0.15, 0.2) is 22.9 Å². The fourth-order valence-corrected chi connectivity index (χ4v) is 2.57. The monoisotopic (exact) mass is 274 g/mol. The van der Waals surface area contributed by atoms with Crippen LogP contribution in [0.5, 0.6) is 0 Å². The van der Waals surface area contributed by atoms with Crippen LogP contribution in [-0.2, 0) is 0 Å². The lowest BCUT2D eigenvalue weighted by Gasteiger charge is -2.24. The van der Waals surface area contributed by atoms with Crippen molar-refractivity contribution in [1.82, 2.24) is 4.98 Å². The van der Waals surface area contributed by atoms with Gasteiger partial charge in [-0.2, -0.15) is 0 Å². The number of alkyl halides is 1. The van der Waals surface area contributed by atoms with Crippen LogP contribution in [0.4, 0.5) is 5.69 Å². The third-order valence-corrected chi connectivity index (χ3v) is 3.37. The molecule has 0 amide bonds. The standard InChI is InChI=1S/C10H12BrClN2/c11-8-4-10(7-13-6-8)14-3-1-2-9(14)5-12/h4,6-7,9H,1-3,5H2. The summed E-state index contributed by atoms with van der Waals surface area (Å²) in [5.74, 6) is 0.701. The lowest BCUT2D eigenvalue weighted by Crippen LogP contribution is -2.30. The Hall–Kier alpha value is -0.280. The van der Waals surface area contributed by atoms with Crippen LogP contribution in [-0.4, -0.2) is 23.5 Å². The Balaban J connectivity index is 2.21.